The fourth-order valence-corrected chi connectivity index (χ4v) is 1.93. The molecule has 0 unspecified atom stereocenters. The zero-order chi connectivity index (χ0) is 13.1. The first kappa shape index (κ1) is 13.0. The van der Waals surface area contributed by atoms with Crippen molar-refractivity contribution in [2.75, 3.05) is 11.9 Å². The zero-order valence-corrected chi connectivity index (χ0v) is 12.2. The highest BCUT2D eigenvalue weighted by Gasteiger charge is 2.06. The van der Waals surface area contributed by atoms with Crippen molar-refractivity contribution < 1.29 is 0 Å². The lowest BCUT2D eigenvalue weighted by molar-refractivity contribution is 1.12. The maximum Gasteiger partial charge on any atom is 0.132 e. The quantitative estimate of drug-likeness (QED) is 0.881. The lowest BCUT2D eigenvalue weighted by atomic mass is 10.2. The van der Waals surface area contributed by atoms with Crippen LogP contribution in [-0.4, -0.2) is 17.0 Å². The topological polar surface area (TPSA) is 42.1 Å². The summed E-state index contributed by atoms with van der Waals surface area (Å²) in [5, 5.41) is 0. The van der Waals surface area contributed by atoms with Crippen LogP contribution in [0.25, 0.3) is 0 Å². The van der Waals surface area contributed by atoms with Crippen molar-refractivity contribution in [3.63, 3.8) is 0 Å². The number of thiocarbonyl (C=S) groups is 1. The fraction of sp³-hybridized carbons (Fsp3) is 0.0769. The zero-order valence-electron chi connectivity index (χ0n) is 9.80. The predicted molar refractivity (Wildman–Crippen MR) is 82.3 cm³/mol. The van der Waals surface area contributed by atoms with Gasteiger partial charge in [-0.2, -0.15) is 0 Å². The average Bonchev–Trinajstić information content (AvgIpc) is 2.39. The number of nitrogens with two attached hydrogens (primary N) is 1. The minimum atomic E-state index is 0.397. The minimum absolute atomic E-state index is 0.397. The molecule has 0 atom stereocenters. The van der Waals surface area contributed by atoms with E-state index in [2.05, 4.69) is 20.9 Å². The van der Waals surface area contributed by atoms with Gasteiger partial charge in [-0.25, -0.2) is 4.98 Å². The van der Waals surface area contributed by atoms with Gasteiger partial charge < -0.3 is 10.6 Å². The van der Waals surface area contributed by atoms with Gasteiger partial charge in [0.15, 0.2) is 0 Å². The lowest BCUT2D eigenvalue weighted by Crippen LogP contribution is -2.13. The largest absolute Gasteiger partial charge is 0.389 e. The molecule has 0 spiro atoms. The summed E-state index contributed by atoms with van der Waals surface area (Å²) >= 11 is 8.35. The van der Waals surface area contributed by atoms with Crippen molar-refractivity contribution in [1.29, 1.82) is 0 Å². The Morgan fingerprint density at radius 1 is 1.33 bits per heavy atom. The van der Waals surface area contributed by atoms with Crippen LogP contribution in [-0.2, 0) is 0 Å². The smallest absolute Gasteiger partial charge is 0.132 e. The van der Waals surface area contributed by atoms with E-state index in [1.807, 2.05) is 48.3 Å². The summed E-state index contributed by atoms with van der Waals surface area (Å²) < 4.78 is 0.955. The van der Waals surface area contributed by atoms with Gasteiger partial charge >= 0.3 is 0 Å². The second kappa shape index (κ2) is 5.46. The van der Waals surface area contributed by atoms with Gasteiger partial charge in [0, 0.05) is 29.0 Å². The van der Waals surface area contributed by atoms with Gasteiger partial charge in [0.05, 0.1) is 0 Å². The van der Waals surface area contributed by atoms with Crippen LogP contribution in [0.2, 0.25) is 0 Å². The average molecular weight is 322 g/mol. The molecule has 1 heterocycles. The molecular weight excluding hydrogens is 310 g/mol. The Morgan fingerprint density at radius 3 is 2.72 bits per heavy atom. The number of pyridine rings is 1. The van der Waals surface area contributed by atoms with Crippen LogP contribution in [0.4, 0.5) is 11.5 Å². The number of halogens is 1. The van der Waals surface area contributed by atoms with Crippen LogP contribution in [0.5, 0.6) is 0 Å². The summed E-state index contributed by atoms with van der Waals surface area (Å²) in [6.45, 7) is 0. The Morgan fingerprint density at radius 2 is 2.11 bits per heavy atom. The fourth-order valence-electron chi connectivity index (χ4n) is 1.57. The lowest BCUT2D eigenvalue weighted by Gasteiger charge is -2.18. The molecule has 0 bridgehead atoms. The third-order valence-electron chi connectivity index (χ3n) is 2.57. The van der Waals surface area contributed by atoms with Crippen LogP contribution in [0, 0.1) is 0 Å². The van der Waals surface area contributed by atoms with Crippen molar-refractivity contribution in [1.82, 2.24) is 4.98 Å². The van der Waals surface area contributed by atoms with Crippen LogP contribution in [0.15, 0.2) is 47.1 Å². The van der Waals surface area contributed by atoms with Crippen molar-refractivity contribution in [3.05, 3.63) is 52.6 Å². The van der Waals surface area contributed by atoms with E-state index in [0.717, 1.165) is 21.5 Å². The number of hydrogen-bond donors (Lipinski definition) is 1. The van der Waals surface area contributed by atoms with Gasteiger partial charge in [-0.3, -0.25) is 0 Å². The molecule has 0 aliphatic rings. The van der Waals surface area contributed by atoms with E-state index in [1.54, 1.807) is 6.20 Å². The Bertz CT molecular complexity index is 569. The number of aromatic nitrogens is 1. The number of anilines is 2. The summed E-state index contributed by atoms with van der Waals surface area (Å²) in [4.78, 5) is 6.72. The molecule has 3 nitrogen and oxygen atoms in total. The van der Waals surface area contributed by atoms with Gasteiger partial charge in [-0.1, -0.05) is 24.4 Å². The van der Waals surface area contributed by atoms with E-state index >= 15 is 0 Å². The third kappa shape index (κ3) is 2.86. The number of hydrogen-bond acceptors (Lipinski definition) is 3. The third-order valence-corrected chi connectivity index (χ3v) is 3.28. The van der Waals surface area contributed by atoms with Crippen LogP contribution < -0.4 is 10.6 Å². The molecular formula is C13H12BrN3S. The molecule has 0 radical (unpaired) electrons. The second-order valence-corrected chi connectivity index (χ2v) is 5.16. The number of rotatable bonds is 3. The highest BCUT2D eigenvalue weighted by molar-refractivity contribution is 9.10. The van der Waals surface area contributed by atoms with Crippen LogP contribution in [0.3, 0.4) is 0 Å². The van der Waals surface area contributed by atoms with E-state index in [9.17, 15) is 0 Å². The number of nitrogens with zero attached hydrogens (tertiary/aromatic N) is 2. The Kier molecular flexibility index (Phi) is 3.93. The van der Waals surface area contributed by atoms with E-state index < -0.39 is 0 Å². The monoisotopic (exact) mass is 321 g/mol. The molecule has 92 valence electrons. The molecule has 1 aromatic carbocycles. The summed E-state index contributed by atoms with van der Waals surface area (Å²) in [5.74, 6) is 0.860. The molecule has 0 saturated heterocycles. The van der Waals surface area contributed by atoms with Gasteiger partial charge in [0.2, 0.25) is 0 Å². The molecule has 18 heavy (non-hydrogen) atoms. The van der Waals surface area contributed by atoms with Gasteiger partial charge in [0.1, 0.15) is 10.8 Å². The first-order valence-corrected chi connectivity index (χ1v) is 6.53. The molecule has 0 saturated carbocycles. The van der Waals surface area contributed by atoms with Crippen molar-refractivity contribution in [2.45, 2.75) is 0 Å². The highest BCUT2D eigenvalue weighted by Crippen LogP contribution is 2.23. The highest BCUT2D eigenvalue weighted by atomic mass is 79.9. The van der Waals surface area contributed by atoms with Crippen molar-refractivity contribution in [2.24, 2.45) is 5.73 Å². The maximum atomic E-state index is 5.63. The van der Waals surface area contributed by atoms with E-state index in [1.165, 1.54) is 0 Å². The number of benzene rings is 1. The molecule has 0 aliphatic heterocycles. The molecule has 0 fully saturated rings. The second-order valence-electron chi connectivity index (χ2n) is 3.81. The first-order chi connectivity index (χ1) is 8.58. The van der Waals surface area contributed by atoms with E-state index in [4.69, 9.17) is 18.0 Å². The standard InChI is InChI=1S/C13H12BrN3S/c1-17(12-6-5-10(14)8-16-12)11-4-2-3-9(7-11)13(15)18/h2-8H,1H3,(H2,15,18). The van der Waals surface area contributed by atoms with Gasteiger partial charge in [-0.05, 0) is 40.2 Å². The normalized spacial score (nSPS) is 10.1. The SMILES string of the molecule is CN(c1cccc(C(N)=S)c1)c1ccc(Br)cn1. The van der Waals surface area contributed by atoms with Gasteiger partial charge in [0.25, 0.3) is 0 Å². The van der Waals surface area contributed by atoms with Crippen LogP contribution >= 0.6 is 28.1 Å². The van der Waals surface area contributed by atoms with Crippen molar-refractivity contribution in [3.8, 4) is 0 Å². The summed E-state index contributed by atoms with van der Waals surface area (Å²) in [7, 11) is 1.95. The van der Waals surface area contributed by atoms with E-state index in [0.29, 0.717) is 4.99 Å². The molecule has 2 aromatic rings. The van der Waals surface area contributed by atoms with Crippen LogP contribution in [0.1, 0.15) is 5.56 Å². The Balaban J connectivity index is 2.33. The summed E-state index contributed by atoms with van der Waals surface area (Å²) in [6, 6.07) is 11.7. The predicted octanol–water partition coefficient (Wildman–Crippen LogP) is 3.25. The molecule has 1 aromatic heterocycles. The Hall–Kier alpha value is -1.46. The first-order valence-electron chi connectivity index (χ1n) is 5.33. The molecule has 2 N–H and O–H groups in total. The minimum Gasteiger partial charge on any atom is -0.389 e. The van der Waals surface area contributed by atoms with Crippen molar-refractivity contribution >= 4 is 44.6 Å². The summed E-state index contributed by atoms with van der Waals surface area (Å²) in [6.07, 6.45) is 1.77. The molecule has 0 amide bonds. The molecule has 0 aliphatic carbocycles. The van der Waals surface area contributed by atoms with Gasteiger partial charge in [-0.15, -0.1) is 0 Å². The molecule has 5 heteroatoms. The summed E-state index contributed by atoms with van der Waals surface area (Å²) in [5.41, 5.74) is 7.48. The molecule has 2 rings (SSSR count). The van der Waals surface area contributed by atoms with E-state index in [-0.39, 0.29) is 0 Å². The Labute approximate surface area is 120 Å². The maximum absolute atomic E-state index is 5.63.